The Morgan fingerprint density at radius 2 is 1.93 bits per heavy atom. The Bertz CT molecular complexity index is 867. The Hall–Kier alpha value is -2.13. The maximum atomic E-state index is 13.3. The summed E-state index contributed by atoms with van der Waals surface area (Å²) in [5, 5.41) is 0.268. The molecule has 0 aliphatic carbocycles. The number of carbonyl (C=O) groups excluding carboxylic acids is 1. The number of rotatable bonds is 3. The predicted molar refractivity (Wildman–Crippen MR) is 94.9 cm³/mol. The van der Waals surface area contributed by atoms with Crippen LogP contribution in [0.4, 0.5) is 18.9 Å². The van der Waals surface area contributed by atoms with Crippen LogP contribution >= 0.6 is 11.6 Å². The quantitative estimate of drug-likeness (QED) is 0.792. The molecule has 1 saturated heterocycles. The lowest BCUT2D eigenvalue weighted by Gasteiger charge is -2.32. The van der Waals surface area contributed by atoms with Crippen LogP contribution in [-0.2, 0) is 10.9 Å². The van der Waals surface area contributed by atoms with Crippen LogP contribution in [-0.4, -0.2) is 41.7 Å². The van der Waals surface area contributed by atoms with E-state index in [1.165, 1.54) is 13.0 Å². The first-order valence-electron chi connectivity index (χ1n) is 8.46. The lowest BCUT2D eigenvalue weighted by molar-refractivity contribution is -0.141. The second-order valence-electron chi connectivity index (χ2n) is 6.26. The lowest BCUT2D eigenvalue weighted by atomic mass is 10.1. The number of anilines is 1. The lowest BCUT2D eigenvalue weighted by Crippen LogP contribution is -2.39. The minimum atomic E-state index is -4.85. The molecule has 0 bridgehead atoms. The van der Waals surface area contributed by atoms with Crippen LogP contribution in [0.3, 0.4) is 0 Å². The van der Waals surface area contributed by atoms with Crippen molar-refractivity contribution in [3.63, 3.8) is 0 Å². The average molecular weight is 403 g/mol. The summed E-state index contributed by atoms with van der Waals surface area (Å²) >= 11 is 6.28. The predicted octanol–water partition coefficient (Wildman–Crippen LogP) is 3.41. The Kier molecular flexibility index (Phi) is 5.43. The van der Waals surface area contributed by atoms with Crippen LogP contribution in [0.2, 0.25) is 5.02 Å². The van der Waals surface area contributed by atoms with Crippen molar-refractivity contribution in [3.05, 3.63) is 28.5 Å². The third-order valence-electron chi connectivity index (χ3n) is 4.35. The van der Waals surface area contributed by atoms with Crippen molar-refractivity contribution in [2.75, 3.05) is 24.6 Å². The van der Waals surface area contributed by atoms with E-state index < -0.39 is 23.5 Å². The fraction of sp³-hybridized carbons (Fsp3) is 0.471. The molecule has 0 atom stereocenters. The van der Waals surface area contributed by atoms with E-state index in [4.69, 9.17) is 22.1 Å². The maximum Gasteiger partial charge on any atom is 0.435 e. The largest absolute Gasteiger partial charge is 0.461 e. The zero-order valence-electron chi connectivity index (χ0n) is 14.5. The van der Waals surface area contributed by atoms with Crippen LogP contribution in [0.25, 0.3) is 11.0 Å². The molecular weight excluding hydrogens is 385 g/mol. The topological polar surface area (TPSA) is 81.3 Å². The van der Waals surface area contributed by atoms with E-state index in [2.05, 4.69) is 9.97 Å². The minimum absolute atomic E-state index is 0.0437. The van der Waals surface area contributed by atoms with Gasteiger partial charge in [-0.15, -0.1) is 0 Å². The van der Waals surface area contributed by atoms with Gasteiger partial charge < -0.3 is 15.4 Å². The molecule has 2 heterocycles. The van der Waals surface area contributed by atoms with Crippen molar-refractivity contribution in [3.8, 4) is 0 Å². The summed E-state index contributed by atoms with van der Waals surface area (Å²) in [6, 6.07) is 2.99. The summed E-state index contributed by atoms with van der Waals surface area (Å²) in [4.78, 5) is 21.5. The maximum absolute atomic E-state index is 13.3. The number of ether oxygens (including phenoxy) is 1. The Balaban J connectivity index is 2.11. The highest BCUT2D eigenvalue weighted by Crippen LogP contribution is 2.35. The molecule has 0 amide bonds. The van der Waals surface area contributed by atoms with E-state index in [0.717, 1.165) is 12.8 Å². The average Bonchev–Trinajstić information content (AvgIpc) is 2.60. The van der Waals surface area contributed by atoms with Crippen molar-refractivity contribution in [1.82, 2.24) is 9.97 Å². The summed E-state index contributed by atoms with van der Waals surface area (Å²) in [6.45, 7) is 2.77. The monoisotopic (exact) mass is 402 g/mol. The number of nitrogens with two attached hydrogens (primary N) is 1. The van der Waals surface area contributed by atoms with Gasteiger partial charge in [0.1, 0.15) is 0 Å². The number of aromatic nitrogens is 2. The van der Waals surface area contributed by atoms with Gasteiger partial charge in [-0.05, 0) is 31.9 Å². The Morgan fingerprint density at radius 3 is 2.52 bits per heavy atom. The van der Waals surface area contributed by atoms with Gasteiger partial charge in [-0.25, -0.2) is 14.8 Å². The second kappa shape index (κ2) is 7.47. The summed E-state index contributed by atoms with van der Waals surface area (Å²) < 4.78 is 44.7. The number of nitrogens with zero attached hydrogens (tertiary/aromatic N) is 3. The van der Waals surface area contributed by atoms with Gasteiger partial charge in [0.15, 0.2) is 11.4 Å². The Morgan fingerprint density at radius 1 is 1.30 bits per heavy atom. The molecule has 1 aliphatic heterocycles. The third kappa shape index (κ3) is 4.08. The standard InChI is InChI=1S/C17H18ClF3N4O2/c1-2-27-16(26)14-15(17(19,20)21)24-11-7-10(18)13(8-12(11)23-14)25-5-3-9(22)4-6-25/h7-9H,2-6,22H2,1H3. The van der Waals surface area contributed by atoms with Gasteiger partial charge in [-0.3, -0.25) is 0 Å². The number of benzene rings is 1. The smallest absolute Gasteiger partial charge is 0.435 e. The van der Waals surface area contributed by atoms with E-state index in [9.17, 15) is 18.0 Å². The molecule has 1 aromatic heterocycles. The van der Waals surface area contributed by atoms with Crippen LogP contribution in [0.15, 0.2) is 12.1 Å². The van der Waals surface area contributed by atoms with E-state index in [1.54, 1.807) is 6.07 Å². The van der Waals surface area contributed by atoms with E-state index in [0.29, 0.717) is 18.8 Å². The van der Waals surface area contributed by atoms with Gasteiger partial charge in [0, 0.05) is 19.1 Å². The number of halogens is 4. The zero-order valence-corrected chi connectivity index (χ0v) is 15.3. The highest BCUT2D eigenvalue weighted by molar-refractivity contribution is 6.34. The van der Waals surface area contributed by atoms with Gasteiger partial charge in [-0.1, -0.05) is 11.6 Å². The van der Waals surface area contributed by atoms with Crippen LogP contribution in [0.5, 0.6) is 0 Å². The highest BCUT2D eigenvalue weighted by atomic mass is 35.5. The van der Waals surface area contributed by atoms with Crippen LogP contribution in [0.1, 0.15) is 35.9 Å². The number of hydrogen-bond acceptors (Lipinski definition) is 6. The number of alkyl halides is 3. The highest BCUT2D eigenvalue weighted by Gasteiger charge is 2.39. The first-order chi connectivity index (χ1) is 12.7. The minimum Gasteiger partial charge on any atom is -0.461 e. The first kappa shape index (κ1) is 19.6. The summed E-state index contributed by atoms with van der Waals surface area (Å²) in [5.41, 5.74) is 4.38. The summed E-state index contributed by atoms with van der Waals surface area (Å²) in [6.07, 6.45) is -3.29. The molecule has 0 unspecified atom stereocenters. The summed E-state index contributed by atoms with van der Waals surface area (Å²) in [7, 11) is 0. The number of carbonyl (C=O) groups is 1. The number of fused-ring (bicyclic) bond motifs is 1. The normalized spacial score (nSPS) is 16.0. The van der Waals surface area contributed by atoms with Crippen LogP contribution in [0, 0.1) is 0 Å². The molecule has 2 N–H and O–H groups in total. The molecule has 146 valence electrons. The molecule has 2 aromatic rings. The molecular formula is C17H18ClF3N4O2. The van der Waals surface area contributed by atoms with Gasteiger partial charge in [0.05, 0.1) is 28.4 Å². The van der Waals surface area contributed by atoms with E-state index >= 15 is 0 Å². The van der Waals surface area contributed by atoms with Crippen molar-refractivity contribution in [1.29, 1.82) is 0 Å². The van der Waals surface area contributed by atoms with Crippen molar-refractivity contribution in [2.24, 2.45) is 5.73 Å². The van der Waals surface area contributed by atoms with Gasteiger partial charge in [-0.2, -0.15) is 13.2 Å². The van der Waals surface area contributed by atoms with Gasteiger partial charge >= 0.3 is 12.1 Å². The van der Waals surface area contributed by atoms with Crippen LogP contribution < -0.4 is 10.6 Å². The molecule has 10 heteroatoms. The third-order valence-corrected chi connectivity index (χ3v) is 4.65. The summed E-state index contributed by atoms with van der Waals surface area (Å²) in [5.74, 6) is -1.17. The zero-order chi connectivity index (χ0) is 19.8. The number of piperidine rings is 1. The first-order valence-corrected chi connectivity index (χ1v) is 8.84. The van der Waals surface area contributed by atoms with Gasteiger partial charge in [0.25, 0.3) is 0 Å². The molecule has 0 spiro atoms. The fourth-order valence-electron chi connectivity index (χ4n) is 2.99. The number of hydrogen-bond donors (Lipinski definition) is 1. The van der Waals surface area contributed by atoms with Crippen molar-refractivity contribution in [2.45, 2.75) is 32.0 Å². The van der Waals surface area contributed by atoms with E-state index in [-0.39, 0.29) is 28.7 Å². The fourth-order valence-corrected chi connectivity index (χ4v) is 3.27. The Labute approximate surface area is 158 Å². The molecule has 1 aliphatic rings. The molecule has 27 heavy (non-hydrogen) atoms. The SMILES string of the molecule is CCOC(=O)c1nc2cc(N3CCC(N)CC3)c(Cl)cc2nc1C(F)(F)F. The van der Waals surface area contributed by atoms with Gasteiger partial charge in [0.2, 0.25) is 0 Å². The second-order valence-corrected chi connectivity index (χ2v) is 6.66. The van der Waals surface area contributed by atoms with Crippen molar-refractivity contribution < 1.29 is 22.7 Å². The van der Waals surface area contributed by atoms with Crippen molar-refractivity contribution >= 4 is 34.3 Å². The molecule has 6 nitrogen and oxygen atoms in total. The number of esters is 1. The molecule has 1 fully saturated rings. The molecule has 3 rings (SSSR count). The van der Waals surface area contributed by atoms with E-state index in [1.807, 2.05) is 4.90 Å². The molecule has 0 radical (unpaired) electrons. The molecule has 0 saturated carbocycles. The molecule has 1 aromatic carbocycles.